The average molecular weight is 329 g/mol. The zero-order valence-corrected chi connectivity index (χ0v) is 12.0. The topological polar surface area (TPSA) is 49.4 Å². The summed E-state index contributed by atoms with van der Waals surface area (Å²) in [6.07, 6.45) is 1.45. The number of likely N-dealkylation sites (N-methyl/N-ethyl adjacent to an activating group) is 1. The van der Waals surface area contributed by atoms with Crippen LogP contribution >= 0.6 is 15.9 Å². The Balaban J connectivity index is 2.25. The molecule has 2 rings (SSSR count). The molecule has 6 heteroatoms. The van der Waals surface area contributed by atoms with Gasteiger partial charge in [0.25, 0.3) is 5.91 Å². The van der Waals surface area contributed by atoms with Crippen LogP contribution in [0.15, 0.2) is 22.7 Å². The van der Waals surface area contributed by atoms with Crippen LogP contribution in [0.5, 0.6) is 0 Å². The van der Waals surface area contributed by atoms with Crippen LogP contribution in [-0.2, 0) is 4.79 Å². The minimum atomic E-state index is -0.436. The van der Waals surface area contributed by atoms with Crippen molar-refractivity contribution in [3.05, 3.63) is 34.1 Å². The number of amides is 2. The zero-order chi connectivity index (χ0) is 14.0. The predicted octanol–water partition coefficient (Wildman–Crippen LogP) is 1.94. The summed E-state index contributed by atoms with van der Waals surface area (Å²) in [5.74, 6) is -0.824. The van der Waals surface area contributed by atoms with Crippen molar-refractivity contribution in [1.29, 1.82) is 0 Å². The highest BCUT2D eigenvalue weighted by Crippen LogP contribution is 2.24. The van der Waals surface area contributed by atoms with Crippen molar-refractivity contribution >= 4 is 27.7 Å². The Hall–Kier alpha value is -1.43. The Morgan fingerprint density at radius 3 is 2.84 bits per heavy atom. The van der Waals surface area contributed by atoms with E-state index in [0.717, 1.165) is 6.42 Å². The molecule has 1 N–H and O–H groups in total. The number of carbonyl (C=O) groups is 2. The normalized spacial score (nSPS) is 18.5. The Labute approximate surface area is 119 Å². The van der Waals surface area contributed by atoms with Gasteiger partial charge in [-0.15, -0.1) is 0 Å². The number of hydrogen-bond donors (Lipinski definition) is 1. The highest BCUT2D eigenvalue weighted by molar-refractivity contribution is 9.10. The molecule has 0 saturated carbocycles. The van der Waals surface area contributed by atoms with Crippen LogP contribution in [-0.4, -0.2) is 36.3 Å². The van der Waals surface area contributed by atoms with E-state index >= 15 is 0 Å². The zero-order valence-electron chi connectivity index (χ0n) is 10.5. The van der Waals surface area contributed by atoms with E-state index in [1.165, 1.54) is 23.1 Å². The molecule has 1 fully saturated rings. The Morgan fingerprint density at radius 2 is 2.21 bits per heavy atom. The van der Waals surface area contributed by atoms with Crippen molar-refractivity contribution < 1.29 is 14.0 Å². The second kappa shape index (κ2) is 5.69. The van der Waals surface area contributed by atoms with Gasteiger partial charge < -0.3 is 10.2 Å². The van der Waals surface area contributed by atoms with E-state index in [-0.39, 0.29) is 11.8 Å². The number of halogens is 2. The van der Waals surface area contributed by atoms with Crippen LogP contribution in [0.1, 0.15) is 23.2 Å². The lowest BCUT2D eigenvalue weighted by molar-refractivity contribution is -0.124. The Bertz CT molecular complexity index is 521. The third kappa shape index (κ3) is 2.78. The first-order valence-electron chi connectivity index (χ1n) is 6.02. The van der Waals surface area contributed by atoms with Gasteiger partial charge in [-0.2, -0.15) is 0 Å². The quantitative estimate of drug-likeness (QED) is 0.901. The predicted molar refractivity (Wildman–Crippen MR) is 72.2 cm³/mol. The van der Waals surface area contributed by atoms with E-state index in [4.69, 9.17) is 0 Å². The number of carbonyl (C=O) groups excluding carboxylic acids is 2. The maximum Gasteiger partial charge on any atom is 0.255 e. The number of nitrogens with zero attached hydrogens (tertiary/aromatic N) is 1. The molecule has 0 aliphatic carbocycles. The van der Waals surface area contributed by atoms with Gasteiger partial charge in [0.1, 0.15) is 11.9 Å². The van der Waals surface area contributed by atoms with Crippen LogP contribution < -0.4 is 5.32 Å². The number of nitrogens with one attached hydrogen (secondary N) is 1. The smallest absolute Gasteiger partial charge is 0.255 e. The third-order valence-electron chi connectivity index (χ3n) is 3.22. The van der Waals surface area contributed by atoms with Gasteiger partial charge >= 0.3 is 0 Å². The first-order chi connectivity index (χ1) is 9.04. The molecule has 1 aliphatic heterocycles. The van der Waals surface area contributed by atoms with Crippen molar-refractivity contribution in [2.45, 2.75) is 18.9 Å². The minimum Gasteiger partial charge on any atom is -0.357 e. The van der Waals surface area contributed by atoms with E-state index in [0.29, 0.717) is 23.0 Å². The largest absolute Gasteiger partial charge is 0.357 e. The number of hydrogen-bond acceptors (Lipinski definition) is 2. The lowest BCUT2D eigenvalue weighted by atomic mass is 10.1. The second-order valence-corrected chi connectivity index (χ2v) is 5.25. The van der Waals surface area contributed by atoms with Crippen molar-refractivity contribution in [3.63, 3.8) is 0 Å². The van der Waals surface area contributed by atoms with Crippen LogP contribution in [0.3, 0.4) is 0 Å². The minimum absolute atomic E-state index is 0.163. The van der Waals surface area contributed by atoms with Crippen molar-refractivity contribution in [1.82, 2.24) is 10.2 Å². The molecule has 1 aromatic rings. The molecule has 2 amide bonds. The molecule has 0 spiro atoms. The van der Waals surface area contributed by atoms with Crippen LogP contribution in [0.4, 0.5) is 4.39 Å². The maximum atomic E-state index is 13.0. The van der Waals surface area contributed by atoms with Gasteiger partial charge in [0, 0.05) is 18.1 Å². The van der Waals surface area contributed by atoms with E-state index in [1.54, 1.807) is 7.05 Å². The molecule has 1 unspecified atom stereocenters. The van der Waals surface area contributed by atoms with E-state index in [1.807, 2.05) is 0 Å². The molecule has 0 bridgehead atoms. The standard InChI is InChI=1S/C13H14BrFN2O2/c1-16-12(18)11-3-2-6-17(11)13(19)9-5-4-8(15)7-10(9)14/h4-5,7,11H,2-3,6H2,1H3,(H,16,18). The van der Waals surface area contributed by atoms with Gasteiger partial charge in [-0.05, 0) is 47.0 Å². The van der Waals surface area contributed by atoms with Crippen molar-refractivity contribution in [2.24, 2.45) is 0 Å². The summed E-state index contributed by atoms with van der Waals surface area (Å²) in [4.78, 5) is 25.7. The van der Waals surface area contributed by atoms with E-state index in [9.17, 15) is 14.0 Å². The maximum absolute atomic E-state index is 13.0. The van der Waals surface area contributed by atoms with Crippen LogP contribution in [0.25, 0.3) is 0 Å². The van der Waals surface area contributed by atoms with Gasteiger partial charge in [0.05, 0.1) is 5.56 Å². The van der Waals surface area contributed by atoms with Gasteiger partial charge in [-0.25, -0.2) is 4.39 Å². The lowest BCUT2D eigenvalue weighted by Gasteiger charge is -2.23. The fourth-order valence-electron chi connectivity index (χ4n) is 2.27. The van der Waals surface area contributed by atoms with Crippen LogP contribution in [0.2, 0.25) is 0 Å². The molecule has 1 aromatic carbocycles. The summed E-state index contributed by atoms with van der Waals surface area (Å²) in [6.45, 7) is 0.542. The van der Waals surface area contributed by atoms with Gasteiger partial charge in [-0.1, -0.05) is 0 Å². The molecular weight excluding hydrogens is 315 g/mol. The summed E-state index contributed by atoms with van der Waals surface area (Å²) in [6, 6.07) is 3.48. The fraction of sp³-hybridized carbons (Fsp3) is 0.385. The summed E-state index contributed by atoms with van der Waals surface area (Å²) in [5.41, 5.74) is 0.372. The Kier molecular flexibility index (Phi) is 4.19. The van der Waals surface area contributed by atoms with Gasteiger partial charge in [0.15, 0.2) is 0 Å². The molecule has 1 saturated heterocycles. The fourth-order valence-corrected chi connectivity index (χ4v) is 2.79. The van der Waals surface area contributed by atoms with Gasteiger partial charge in [-0.3, -0.25) is 9.59 Å². The first-order valence-corrected chi connectivity index (χ1v) is 6.81. The number of rotatable bonds is 2. The van der Waals surface area contributed by atoms with Crippen molar-refractivity contribution in [2.75, 3.05) is 13.6 Å². The highest BCUT2D eigenvalue weighted by atomic mass is 79.9. The molecule has 0 radical (unpaired) electrons. The van der Waals surface area contributed by atoms with E-state index < -0.39 is 11.9 Å². The molecule has 0 aromatic heterocycles. The van der Waals surface area contributed by atoms with E-state index in [2.05, 4.69) is 21.2 Å². The van der Waals surface area contributed by atoms with Crippen LogP contribution in [0, 0.1) is 5.82 Å². The molecule has 1 heterocycles. The number of likely N-dealkylation sites (tertiary alicyclic amines) is 1. The lowest BCUT2D eigenvalue weighted by Crippen LogP contribution is -2.45. The first kappa shape index (κ1) is 14.0. The second-order valence-electron chi connectivity index (χ2n) is 4.39. The summed E-state index contributed by atoms with van der Waals surface area (Å²) >= 11 is 3.18. The van der Waals surface area contributed by atoms with Crippen molar-refractivity contribution in [3.8, 4) is 0 Å². The average Bonchev–Trinajstić information content (AvgIpc) is 2.86. The molecule has 102 valence electrons. The molecule has 19 heavy (non-hydrogen) atoms. The molecule has 4 nitrogen and oxygen atoms in total. The molecule has 1 aliphatic rings. The monoisotopic (exact) mass is 328 g/mol. The highest BCUT2D eigenvalue weighted by Gasteiger charge is 2.34. The molecular formula is C13H14BrFN2O2. The summed E-state index contributed by atoms with van der Waals surface area (Å²) in [5, 5.41) is 2.56. The summed E-state index contributed by atoms with van der Waals surface area (Å²) < 4.78 is 13.4. The molecule has 1 atom stereocenters. The number of benzene rings is 1. The third-order valence-corrected chi connectivity index (χ3v) is 3.88. The Morgan fingerprint density at radius 1 is 1.47 bits per heavy atom. The van der Waals surface area contributed by atoms with Gasteiger partial charge in [0.2, 0.25) is 5.91 Å². The SMILES string of the molecule is CNC(=O)C1CCCN1C(=O)c1ccc(F)cc1Br. The summed E-state index contributed by atoms with van der Waals surface area (Å²) in [7, 11) is 1.55.